The van der Waals surface area contributed by atoms with E-state index >= 15 is 0 Å². The number of benzene rings is 1. The van der Waals surface area contributed by atoms with Gasteiger partial charge in [0.05, 0.1) is 5.75 Å². The lowest BCUT2D eigenvalue weighted by Gasteiger charge is -2.21. The number of hydrogen-bond acceptors (Lipinski definition) is 5. The third-order valence-electron chi connectivity index (χ3n) is 2.65. The maximum absolute atomic E-state index is 13.8. The molecule has 0 saturated carbocycles. The number of anilines is 1. The van der Waals surface area contributed by atoms with E-state index in [0.717, 1.165) is 18.2 Å². The monoisotopic (exact) mass is 299 g/mol. The molecule has 2 heterocycles. The molecule has 0 bridgehead atoms. The molecule has 3 rings (SSSR count). The summed E-state index contributed by atoms with van der Waals surface area (Å²) >= 11 is 2.43. The Labute approximate surface area is 115 Å². The van der Waals surface area contributed by atoms with E-state index in [4.69, 9.17) is 0 Å². The molecule has 1 aromatic heterocycles. The van der Waals surface area contributed by atoms with Gasteiger partial charge >= 0.3 is 0 Å². The molecule has 1 saturated heterocycles. The van der Waals surface area contributed by atoms with Gasteiger partial charge in [-0.25, -0.2) is 8.78 Å². The topological polar surface area (TPSA) is 46.1 Å². The number of thioether (sulfide) groups is 1. The molecule has 0 spiro atoms. The predicted octanol–water partition coefficient (Wildman–Crippen LogP) is 2.59. The van der Waals surface area contributed by atoms with Crippen molar-refractivity contribution in [2.24, 2.45) is 0 Å². The molecule has 98 valence electrons. The fraction of sp³-hybridized carbons (Fsp3) is 0.182. The molecule has 19 heavy (non-hydrogen) atoms. The van der Waals surface area contributed by atoms with Crippen LogP contribution in [0.2, 0.25) is 0 Å². The summed E-state index contributed by atoms with van der Waals surface area (Å²) in [5, 5.41) is 7.28. The van der Waals surface area contributed by atoms with Crippen LogP contribution in [0.3, 0.4) is 0 Å². The van der Waals surface area contributed by atoms with Crippen molar-refractivity contribution in [1.29, 1.82) is 0 Å². The van der Waals surface area contributed by atoms with E-state index in [9.17, 15) is 13.6 Å². The summed E-state index contributed by atoms with van der Waals surface area (Å²) in [6.45, 7) is 0. The minimum Gasteiger partial charge on any atom is -0.273 e. The van der Waals surface area contributed by atoms with Gasteiger partial charge in [0.2, 0.25) is 11.0 Å². The molecule has 4 nitrogen and oxygen atoms in total. The number of carbonyl (C=O) groups is 1. The van der Waals surface area contributed by atoms with E-state index in [2.05, 4.69) is 10.2 Å². The van der Waals surface area contributed by atoms with Crippen LogP contribution < -0.4 is 4.90 Å². The van der Waals surface area contributed by atoms with E-state index in [1.54, 1.807) is 0 Å². The number of aromatic nitrogens is 2. The molecule has 0 unspecified atom stereocenters. The first-order chi connectivity index (χ1) is 9.16. The van der Waals surface area contributed by atoms with Crippen LogP contribution in [0.1, 0.15) is 10.9 Å². The Hall–Kier alpha value is -1.54. The van der Waals surface area contributed by atoms with E-state index in [-0.39, 0.29) is 17.2 Å². The fourth-order valence-electron chi connectivity index (χ4n) is 1.84. The zero-order chi connectivity index (χ0) is 13.4. The maximum atomic E-state index is 13.8. The second-order valence-corrected chi connectivity index (χ2v) is 5.69. The van der Waals surface area contributed by atoms with Crippen LogP contribution >= 0.6 is 23.1 Å². The molecule has 1 fully saturated rings. The Morgan fingerprint density at radius 3 is 2.95 bits per heavy atom. The Bertz CT molecular complexity index is 620. The van der Waals surface area contributed by atoms with Gasteiger partial charge < -0.3 is 0 Å². The van der Waals surface area contributed by atoms with Gasteiger partial charge in [0.1, 0.15) is 22.5 Å². The third kappa shape index (κ3) is 2.21. The smallest absolute Gasteiger partial charge is 0.240 e. The summed E-state index contributed by atoms with van der Waals surface area (Å²) in [5.74, 6) is -1.05. The first kappa shape index (κ1) is 12.5. The highest BCUT2D eigenvalue weighted by Gasteiger charge is 2.37. The van der Waals surface area contributed by atoms with Gasteiger partial charge in [-0.05, 0) is 18.2 Å². The van der Waals surface area contributed by atoms with Crippen molar-refractivity contribution in [2.75, 3.05) is 10.7 Å². The lowest BCUT2D eigenvalue weighted by atomic mass is 10.2. The fourth-order valence-corrected chi connectivity index (χ4v) is 3.67. The molecule has 8 heteroatoms. The number of nitrogens with zero attached hydrogens (tertiary/aromatic N) is 3. The SMILES string of the molecule is O=C1CS[C@H](c2cc(F)ccc2F)N1c1nncs1. The first-order valence-electron chi connectivity index (χ1n) is 5.31. The van der Waals surface area contributed by atoms with Crippen LogP contribution in [-0.4, -0.2) is 21.9 Å². The van der Waals surface area contributed by atoms with Crippen LogP contribution in [0.25, 0.3) is 0 Å². The first-order valence-corrected chi connectivity index (χ1v) is 7.24. The van der Waals surface area contributed by atoms with Gasteiger partial charge in [-0.1, -0.05) is 11.3 Å². The van der Waals surface area contributed by atoms with Gasteiger partial charge in [0.15, 0.2) is 0 Å². The average Bonchev–Trinajstić information content (AvgIpc) is 3.01. The zero-order valence-corrected chi connectivity index (χ0v) is 11.0. The lowest BCUT2D eigenvalue weighted by molar-refractivity contribution is -0.115. The van der Waals surface area contributed by atoms with E-state index in [1.165, 1.54) is 33.5 Å². The largest absolute Gasteiger partial charge is 0.273 e. The van der Waals surface area contributed by atoms with E-state index in [1.807, 2.05) is 0 Å². The standard InChI is InChI=1S/C11H7F2N3OS2/c12-6-1-2-8(13)7(3-6)10-16(9(17)4-18-10)11-15-14-5-19-11/h1-3,5,10H,4H2/t10-/m1/s1. The van der Waals surface area contributed by atoms with Crippen molar-refractivity contribution in [2.45, 2.75) is 5.37 Å². The number of halogens is 2. The molecular formula is C11H7F2N3OS2. The lowest BCUT2D eigenvalue weighted by Crippen LogP contribution is -2.28. The average molecular weight is 299 g/mol. The molecule has 1 aromatic carbocycles. The van der Waals surface area contributed by atoms with Crippen molar-refractivity contribution in [3.05, 3.63) is 40.9 Å². The Morgan fingerprint density at radius 2 is 2.21 bits per heavy atom. The van der Waals surface area contributed by atoms with Gasteiger partial charge in [0, 0.05) is 5.56 Å². The molecular weight excluding hydrogens is 292 g/mol. The van der Waals surface area contributed by atoms with Gasteiger partial charge in [-0.15, -0.1) is 22.0 Å². The zero-order valence-electron chi connectivity index (χ0n) is 9.42. The summed E-state index contributed by atoms with van der Waals surface area (Å²) in [6.07, 6.45) is 0. The van der Waals surface area contributed by atoms with Crippen LogP contribution in [0.4, 0.5) is 13.9 Å². The van der Waals surface area contributed by atoms with E-state index < -0.39 is 17.0 Å². The molecule has 0 radical (unpaired) electrons. The van der Waals surface area contributed by atoms with Crippen molar-refractivity contribution in [3.63, 3.8) is 0 Å². The second kappa shape index (κ2) is 4.86. The van der Waals surface area contributed by atoms with Gasteiger partial charge in [-0.2, -0.15) is 0 Å². The van der Waals surface area contributed by atoms with Crippen molar-refractivity contribution in [1.82, 2.24) is 10.2 Å². The normalized spacial score (nSPS) is 19.2. The predicted molar refractivity (Wildman–Crippen MR) is 69.0 cm³/mol. The molecule has 1 atom stereocenters. The Balaban J connectivity index is 2.04. The minimum atomic E-state index is -0.601. The molecule has 1 amide bonds. The molecule has 0 N–H and O–H groups in total. The minimum absolute atomic E-state index is 0.144. The molecule has 1 aliphatic rings. The highest BCUT2D eigenvalue weighted by atomic mass is 32.2. The molecule has 1 aliphatic heterocycles. The maximum Gasteiger partial charge on any atom is 0.240 e. The van der Waals surface area contributed by atoms with Crippen LogP contribution in [0.5, 0.6) is 0 Å². The quantitative estimate of drug-likeness (QED) is 0.855. The highest BCUT2D eigenvalue weighted by Crippen LogP contribution is 2.42. The van der Waals surface area contributed by atoms with Crippen molar-refractivity contribution >= 4 is 34.1 Å². The highest BCUT2D eigenvalue weighted by molar-refractivity contribution is 8.00. The third-order valence-corrected chi connectivity index (χ3v) is 4.53. The summed E-state index contributed by atoms with van der Waals surface area (Å²) in [6, 6.07) is 3.22. The van der Waals surface area contributed by atoms with E-state index in [0.29, 0.717) is 5.13 Å². The summed E-state index contributed by atoms with van der Waals surface area (Å²) in [5.41, 5.74) is 1.64. The Morgan fingerprint density at radius 1 is 1.37 bits per heavy atom. The Kier molecular flexibility index (Phi) is 3.19. The number of rotatable bonds is 2. The number of amides is 1. The van der Waals surface area contributed by atoms with Crippen LogP contribution in [0, 0.1) is 11.6 Å². The van der Waals surface area contributed by atoms with Crippen LogP contribution in [-0.2, 0) is 4.79 Å². The molecule has 0 aliphatic carbocycles. The summed E-state index contributed by atoms with van der Waals surface area (Å²) < 4.78 is 27.1. The van der Waals surface area contributed by atoms with Crippen LogP contribution in [0.15, 0.2) is 23.7 Å². The number of hydrogen-bond donors (Lipinski definition) is 0. The summed E-state index contributed by atoms with van der Waals surface area (Å²) in [4.78, 5) is 13.2. The van der Waals surface area contributed by atoms with Crippen molar-refractivity contribution in [3.8, 4) is 0 Å². The number of carbonyl (C=O) groups excluding carboxylic acids is 1. The van der Waals surface area contributed by atoms with Gasteiger partial charge in [-0.3, -0.25) is 9.69 Å². The van der Waals surface area contributed by atoms with Crippen molar-refractivity contribution < 1.29 is 13.6 Å². The summed E-state index contributed by atoms with van der Waals surface area (Å²) in [7, 11) is 0. The van der Waals surface area contributed by atoms with Gasteiger partial charge in [0.25, 0.3) is 0 Å². The molecule has 2 aromatic rings. The second-order valence-electron chi connectivity index (χ2n) is 3.81.